The summed E-state index contributed by atoms with van der Waals surface area (Å²) in [6.45, 7) is 4.50. The standard InChI is InChI=1S/C17H22N2O2/c1-17(2,12-21-11-13-6-4-3-5-7-13)16(20)19-15(10-18)14-8-9-14/h3-7,14-15H,8-9,11-12H2,1-2H3,(H,19,20)/t15-/m0/s1. The largest absolute Gasteiger partial charge is 0.376 e. The molecule has 21 heavy (non-hydrogen) atoms. The molecule has 112 valence electrons. The van der Waals surface area contributed by atoms with Crippen LogP contribution in [-0.4, -0.2) is 18.6 Å². The van der Waals surface area contributed by atoms with Crippen LogP contribution >= 0.6 is 0 Å². The monoisotopic (exact) mass is 286 g/mol. The third kappa shape index (κ3) is 4.57. The fourth-order valence-electron chi connectivity index (χ4n) is 2.09. The summed E-state index contributed by atoms with van der Waals surface area (Å²) in [5.74, 6) is 0.217. The Balaban J connectivity index is 1.80. The normalized spacial score (nSPS) is 16.0. The van der Waals surface area contributed by atoms with Crippen LogP contribution in [-0.2, 0) is 16.1 Å². The summed E-state index contributed by atoms with van der Waals surface area (Å²) in [4.78, 5) is 12.3. The molecule has 0 spiro atoms. The minimum absolute atomic E-state index is 0.117. The minimum Gasteiger partial charge on any atom is -0.376 e. The minimum atomic E-state index is -0.640. The van der Waals surface area contributed by atoms with Gasteiger partial charge in [-0.1, -0.05) is 30.3 Å². The first kappa shape index (κ1) is 15.5. The molecule has 0 bridgehead atoms. The van der Waals surface area contributed by atoms with Crippen molar-refractivity contribution in [1.82, 2.24) is 5.32 Å². The SMILES string of the molecule is CC(C)(COCc1ccccc1)C(=O)N[C@@H](C#N)C1CC1. The third-order valence-corrected chi connectivity index (χ3v) is 3.71. The highest BCUT2D eigenvalue weighted by Crippen LogP contribution is 2.32. The molecule has 2 rings (SSSR count). The number of carbonyl (C=O) groups is 1. The Morgan fingerprint density at radius 3 is 2.67 bits per heavy atom. The highest BCUT2D eigenvalue weighted by molar-refractivity contribution is 5.82. The summed E-state index contributed by atoms with van der Waals surface area (Å²) in [5, 5.41) is 11.9. The fraction of sp³-hybridized carbons (Fsp3) is 0.529. The summed E-state index contributed by atoms with van der Waals surface area (Å²) >= 11 is 0. The number of nitriles is 1. The van der Waals surface area contributed by atoms with Crippen LogP contribution in [0.1, 0.15) is 32.3 Å². The predicted octanol–water partition coefficient (Wildman–Crippen LogP) is 2.65. The van der Waals surface area contributed by atoms with E-state index in [0.717, 1.165) is 18.4 Å². The van der Waals surface area contributed by atoms with Gasteiger partial charge in [-0.05, 0) is 38.2 Å². The van der Waals surface area contributed by atoms with Gasteiger partial charge < -0.3 is 10.1 Å². The molecular weight excluding hydrogens is 264 g/mol. The lowest BCUT2D eigenvalue weighted by atomic mass is 9.93. The molecule has 4 nitrogen and oxygen atoms in total. The fourth-order valence-corrected chi connectivity index (χ4v) is 2.09. The van der Waals surface area contributed by atoms with Crippen molar-refractivity contribution < 1.29 is 9.53 Å². The molecule has 1 amide bonds. The zero-order chi connectivity index (χ0) is 15.3. The smallest absolute Gasteiger partial charge is 0.229 e. The molecule has 1 saturated carbocycles. The van der Waals surface area contributed by atoms with Gasteiger partial charge >= 0.3 is 0 Å². The maximum atomic E-state index is 12.3. The van der Waals surface area contributed by atoms with Crippen molar-refractivity contribution in [1.29, 1.82) is 5.26 Å². The van der Waals surface area contributed by atoms with E-state index >= 15 is 0 Å². The molecule has 0 aliphatic heterocycles. The van der Waals surface area contributed by atoms with Crippen LogP contribution < -0.4 is 5.32 Å². The molecule has 0 saturated heterocycles. The van der Waals surface area contributed by atoms with Gasteiger partial charge in [0.1, 0.15) is 6.04 Å². The van der Waals surface area contributed by atoms with Gasteiger partial charge in [-0.3, -0.25) is 4.79 Å². The summed E-state index contributed by atoms with van der Waals surface area (Å²) in [7, 11) is 0. The van der Waals surface area contributed by atoms with Crippen LogP contribution in [0.2, 0.25) is 0 Å². The highest BCUT2D eigenvalue weighted by Gasteiger charge is 2.36. The van der Waals surface area contributed by atoms with Crippen molar-refractivity contribution in [3.8, 4) is 6.07 Å². The summed E-state index contributed by atoms with van der Waals surface area (Å²) in [5.41, 5.74) is 0.445. The second-order valence-electron chi connectivity index (χ2n) is 6.28. The van der Waals surface area contributed by atoms with E-state index < -0.39 is 5.41 Å². The van der Waals surface area contributed by atoms with Crippen molar-refractivity contribution in [2.45, 2.75) is 39.3 Å². The number of amides is 1. The van der Waals surface area contributed by atoms with Gasteiger partial charge in [0.2, 0.25) is 5.91 Å². The number of hydrogen-bond acceptors (Lipinski definition) is 3. The van der Waals surface area contributed by atoms with E-state index in [4.69, 9.17) is 10.00 Å². The van der Waals surface area contributed by atoms with Gasteiger partial charge in [0.15, 0.2) is 0 Å². The van der Waals surface area contributed by atoms with Crippen LogP contribution in [0.4, 0.5) is 0 Å². The lowest BCUT2D eigenvalue weighted by Gasteiger charge is -2.25. The number of carbonyl (C=O) groups excluding carboxylic acids is 1. The van der Waals surface area contributed by atoms with Crippen molar-refractivity contribution >= 4 is 5.91 Å². The number of hydrogen-bond donors (Lipinski definition) is 1. The average Bonchev–Trinajstić information content (AvgIpc) is 3.30. The van der Waals surface area contributed by atoms with Crippen molar-refractivity contribution in [2.24, 2.45) is 11.3 Å². The Morgan fingerprint density at radius 2 is 2.10 bits per heavy atom. The highest BCUT2D eigenvalue weighted by atomic mass is 16.5. The molecule has 1 aliphatic carbocycles. The van der Waals surface area contributed by atoms with Gasteiger partial charge in [0.25, 0.3) is 0 Å². The molecule has 1 aromatic rings. The van der Waals surface area contributed by atoms with E-state index in [1.54, 1.807) is 0 Å². The van der Waals surface area contributed by atoms with E-state index in [-0.39, 0.29) is 11.9 Å². The number of rotatable bonds is 7. The first-order chi connectivity index (χ1) is 10.0. The molecule has 1 aromatic carbocycles. The number of nitrogens with one attached hydrogen (secondary N) is 1. The number of ether oxygens (including phenoxy) is 1. The van der Waals surface area contributed by atoms with Crippen LogP contribution in [0.5, 0.6) is 0 Å². The molecular formula is C17H22N2O2. The Bertz CT molecular complexity index is 515. The molecule has 0 radical (unpaired) electrons. The third-order valence-electron chi connectivity index (χ3n) is 3.71. The van der Waals surface area contributed by atoms with Crippen molar-refractivity contribution in [2.75, 3.05) is 6.61 Å². The maximum absolute atomic E-state index is 12.3. The van der Waals surface area contributed by atoms with Crippen molar-refractivity contribution in [3.63, 3.8) is 0 Å². The molecule has 1 atom stereocenters. The van der Waals surface area contributed by atoms with Crippen LogP contribution in [0, 0.1) is 22.7 Å². The van der Waals surface area contributed by atoms with E-state index in [2.05, 4.69) is 11.4 Å². The second kappa shape index (κ2) is 6.73. The summed E-state index contributed by atoms with van der Waals surface area (Å²) in [6, 6.07) is 11.7. The Labute approximate surface area is 126 Å². The van der Waals surface area contributed by atoms with E-state index in [9.17, 15) is 4.79 Å². The van der Waals surface area contributed by atoms with E-state index in [1.807, 2.05) is 44.2 Å². The van der Waals surface area contributed by atoms with Gasteiger partial charge in [-0.25, -0.2) is 0 Å². The Hall–Kier alpha value is -1.86. The Morgan fingerprint density at radius 1 is 1.43 bits per heavy atom. The molecule has 0 unspecified atom stereocenters. The Kier molecular flexibility index (Phi) is 4.98. The predicted molar refractivity (Wildman–Crippen MR) is 80.1 cm³/mol. The molecule has 1 aliphatic rings. The van der Waals surface area contributed by atoms with Crippen LogP contribution in [0.25, 0.3) is 0 Å². The zero-order valence-electron chi connectivity index (χ0n) is 12.6. The molecule has 1 N–H and O–H groups in total. The second-order valence-corrected chi connectivity index (χ2v) is 6.28. The first-order valence-corrected chi connectivity index (χ1v) is 7.35. The topological polar surface area (TPSA) is 62.1 Å². The van der Waals surface area contributed by atoms with Crippen LogP contribution in [0.15, 0.2) is 30.3 Å². The maximum Gasteiger partial charge on any atom is 0.229 e. The molecule has 1 fully saturated rings. The van der Waals surface area contributed by atoms with Crippen LogP contribution in [0.3, 0.4) is 0 Å². The van der Waals surface area contributed by atoms with Gasteiger partial charge in [-0.2, -0.15) is 5.26 Å². The number of nitrogens with zero attached hydrogens (tertiary/aromatic N) is 1. The first-order valence-electron chi connectivity index (χ1n) is 7.35. The van der Waals surface area contributed by atoms with Gasteiger partial charge in [0.05, 0.1) is 24.7 Å². The molecule has 0 heterocycles. The molecule has 0 aromatic heterocycles. The lowest BCUT2D eigenvalue weighted by Crippen LogP contribution is -2.45. The van der Waals surface area contributed by atoms with Gasteiger partial charge in [0, 0.05) is 0 Å². The summed E-state index contributed by atoms with van der Waals surface area (Å²) < 4.78 is 5.65. The summed E-state index contributed by atoms with van der Waals surface area (Å²) in [6.07, 6.45) is 2.06. The zero-order valence-corrected chi connectivity index (χ0v) is 12.6. The quantitative estimate of drug-likeness (QED) is 0.838. The van der Waals surface area contributed by atoms with E-state index in [1.165, 1.54) is 0 Å². The molecule has 4 heteroatoms. The van der Waals surface area contributed by atoms with Gasteiger partial charge in [-0.15, -0.1) is 0 Å². The average molecular weight is 286 g/mol. The van der Waals surface area contributed by atoms with Crippen molar-refractivity contribution in [3.05, 3.63) is 35.9 Å². The number of benzene rings is 1. The lowest BCUT2D eigenvalue weighted by molar-refractivity contribution is -0.133. The van der Waals surface area contributed by atoms with E-state index in [0.29, 0.717) is 19.1 Å².